The summed E-state index contributed by atoms with van der Waals surface area (Å²) < 4.78 is 42.8. The highest BCUT2D eigenvalue weighted by Crippen LogP contribution is 2.33. The zero-order valence-electron chi connectivity index (χ0n) is 9.92. The van der Waals surface area contributed by atoms with Crippen LogP contribution in [0, 0.1) is 0 Å². The molecule has 0 bridgehead atoms. The largest absolute Gasteiger partial charge is 0.416 e. The smallest absolute Gasteiger partial charge is 0.370 e. The zero-order valence-corrected chi connectivity index (χ0v) is 11.5. The Labute approximate surface area is 116 Å². The van der Waals surface area contributed by atoms with E-state index in [0.717, 1.165) is 12.1 Å². The van der Waals surface area contributed by atoms with Crippen LogP contribution in [0.5, 0.6) is 0 Å². The van der Waals surface area contributed by atoms with Gasteiger partial charge in [0, 0.05) is 23.8 Å². The summed E-state index contributed by atoms with van der Waals surface area (Å²) in [6.07, 6.45) is -5.40. The molecule has 1 aromatic carbocycles. The Hall–Kier alpha value is -1.12. The van der Waals surface area contributed by atoms with Gasteiger partial charge in [0.25, 0.3) is 5.91 Å². The zero-order chi connectivity index (χ0) is 14.6. The third-order valence-corrected chi connectivity index (χ3v) is 2.74. The van der Waals surface area contributed by atoms with E-state index in [9.17, 15) is 18.0 Å². The highest BCUT2D eigenvalue weighted by molar-refractivity contribution is 9.10. The number of amides is 1. The second-order valence-corrected chi connectivity index (χ2v) is 4.59. The van der Waals surface area contributed by atoms with Gasteiger partial charge in [-0.2, -0.15) is 13.2 Å². The minimum absolute atomic E-state index is 0.0159. The van der Waals surface area contributed by atoms with Crippen molar-refractivity contribution in [2.24, 2.45) is 5.73 Å². The van der Waals surface area contributed by atoms with Gasteiger partial charge in [-0.3, -0.25) is 4.79 Å². The Bertz CT molecular complexity index is 462. The lowest BCUT2D eigenvalue weighted by atomic mass is 10.2. The van der Waals surface area contributed by atoms with E-state index in [1.54, 1.807) is 0 Å². The number of alkyl halides is 3. The van der Waals surface area contributed by atoms with Crippen molar-refractivity contribution in [3.8, 4) is 0 Å². The number of nitrogens with one attached hydrogen (secondary N) is 1. The topological polar surface area (TPSA) is 64.3 Å². The maximum absolute atomic E-state index is 12.6. The van der Waals surface area contributed by atoms with Crippen LogP contribution in [0.15, 0.2) is 22.7 Å². The van der Waals surface area contributed by atoms with Crippen LogP contribution in [0.2, 0.25) is 0 Å². The first-order valence-electron chi connectivity index (χ1n) is 5.19. The van der Waals surface area contributed by atoms with E-state index in [-0.39, 0.29) is 16.7 Å². The number of rotatable bonds is 4. The van der Waals surface area contributed by atoms with Crippen LogP contribution in [0.3, 0.4) is 0 Å². The fourth-order valence-electron chi connectivity index (χ4n) is 1.36. The molecule has 3 N–H and O–H groups in total. The fraction of sp³-hybridized carbons (Fsp3) is 0.364. The quantitative estimate of drug-likeness (QED) is 0.884. The molecule has 1 aromatic rings. The van der Waals surface area contributed by atoms with Gasteiger partial charge in [-0.15, -0.1) is 0 Å². The van der Waals surface area contributed by atoms with E-state index >= 15 is 0 Å². The first-order chi connectivity index (χ1) is 8.77. The molecule has 1 atom stereocenters. The summed E-state index contributed by atoms with van der Waals surface area (Å²) in [7, 11) is 1.29. The molecule has 0 fully saturated rings. The molecule has 1 amide bonds. The van der Waals surface area contributed by atoms with Gasteiger partial charge in [0.05, 0.1) is 5.56 Å². The minimum atomic E-state index is -4.49. The highest BCUT2D eigenvalue weighted by atomic mass is 79.9. The van der Waals surface area contributed by atoms with E-state index in [1.165, 1.54) is 13.2 Å². The standard InChI is InChI=1S/C11H12BrF3N2O2/c1-19-9(5-16)10(18)17-8-3-6(11(13,14)15)2-7(12)4-8/h2-4,9H,5,16H2,1H3,(H,17,18). The van der Waals surface area contributed by atoms with Crippen molar-refractivity contribution in [1.29, 1.82) is 0 Å². The maximum Gasteiger partial charge on any atom is 0.416 e. The SMILES string of the molecule is COC(CN)C(=O)Nc1cc(Br)cc(C(F)(F)F)c1. The highest BCUT2D eigenvalue weighted by Gasteiger charge is 2.31. The fourth-order valence-corrected chi connectivity index (χ4v) is 1.85. The van der Waals surface area contributed by atoms with Gasteiger partial charge in [-0.25, -0.2) is 0 Å². The lowest BCUT2D eigenvalue weighted by Gasteiger charge is -2.15. The minimum Gasteiger partial charge on any atom is -0.370 e. The molecule has 0 saturated carbocycles. The van der Waals surface area contributed by atoms with Gasteiger partial charge >= 0.3 is 6.18 Å². The predicted octanol–water partition coefficient (Wildman–Crippen LogP) is 2.38. The molecule has 0 aliphatic carbocycles. The van der Waals surface area contributed by atoms with Crippen LogP contribution in [-0.4, -0.2) is 25.7 Å². The van der Waals surface area contributed by atoms with E-state index < -0.39 is 23.8 Å². The molecular weight excluding hydrogens is 329 g/mol. The lowest BCUT2D eigenvalue weighted by molar-refractivity contribution is -0.137. The van der Waals surface area contributed by atoms with Crippen LogP contribution in [-0.2, 0) is 15.7 Å². The third-order valence-electron chi connectivity index (χ3n) is 2.28. The second-order valence-electron chi connectivity index (χ2n) is 3.68. The van der Waals surface area contributed by atoms with Crippen LogP contribution < -0.4 is 11.1 Å². The summed E-state index contributed by atoms with van der Waals surface area (Å²) in [6, 6.07) is 3.12. The van der Waals surface area contributed by atoms with Crippen LogP contribution in [0.25, 0.3) is 0 Å². The van der Waals surface area contributed by atoms with Crippen molar-refractivity contribution in [3.63, 3.8) is 0 Å². The maximum atomic E-state index is 12.6. The number of hydrogen-bond donors (Lipinski definition) is 2. The summed E-state index contributed by atoms with van der Waals surface area (Å²) in [5, 5.41) is 2.32. The number of nitrogens with two attached hydrogens (primary N) is 1. The Morgan fingerprint density at radius 1 is 1.47 bits per heavy atom. The summed E-state index contributed by atoms with van der Waals surface area (Å²) >= 11 is 2.96. The molecule has 106 valence electrons. The van der Waals surface area contributed by atoms with E-state index in [0.29, 0.717) is 0 Å². The van der Waals surface area contributed by atoms with Gasteiger partial charge in [-0.1, -0.05) is 15.9 Å². The first-order valence-corrected chi connectivity index (χ1v) is 5.98. The summed E-state index contributed by atoms with van der Waals surface area (Å²) in [4.78, 5) is 11.6. The number of anilines is 1. The summed E-state index contributed by atoms with van der Waals surface area (Å²) in [6.45, 7) is -0.0670. The molecule has 8 heteroatoms. The van der Waals surface area contributed by atoms with Crippen molar-refractivity contribution in [2.45, 2.75) is 12.3 Å². The monoisotopic (exact) mass is 340 g/mol. The number of hydrogen-bond acceptors (Lipinski definition) is 3. The molecule has 4 nitrogen and oxygen atoms in total. The Kier molecular flexibility index (Phi) is 5.33. The Balaban J connectivity index is 2.96. The average molecular weight is 341 g/mol. The lowest BCUT2D eigenvalue weighted by Crippen LogP contribution is -2.35. The van der Waals surface area contributed by atoms with Gasteiger partial charge in [-0.05, 0) is 18.2 Å². The molecule has 0 radical (unpaired) electrons. The van der Waals surface area contributed by atoms with Crippen molar-refractivity contribution >= 4 is 27.5 Å². The number of carbonyl (C=O) groups excluding carboxylic acids is 1. The number of ether oxygens (including phenoxy) is 1. The molecule has 0 aliphatic heterocycles. The molecular formula is C11H12BrF3N2O2. The van der Waals surface area contributed by atoms with Crippen molar-refractivity contribution in [2.75, 3.05) is 19.0 Å². The van der Waals surface area contributed by atoms with Gasteiger partial charge < -0.3 is 15.8 Å². The number of halogens is 4. The Morgan fingerprint density at radius 2 is 2.11 bits per heavy atom. The van der Waals surface area contributed by atoms with E-state index in [1.807, 2.05) is 0 Å². The van der Waals surface area contributed by atoms with Crippen LogP contribution in [0.1, 0.15) is 5.56 Å². The average Bonchev–Trinajstić information content (AvgIpc) is 2.28. The molecule has 1 rings (SSSR count). The molecule has 0 aromatic heterocycles. The number of carbonyl (C=O) groups is 1. The molecule has 19 heavy (non-hydrogen) atoms. The number of methoxy groups -OCH3 is 1. The summed E-state index contributed by atoms with van der Waals surface area (Å²) in [5.41, 5.74) is 4.45. The van der Waals surface area contributed by atoms with Gasteiger partial charge in [0.15, 0.2) is 0 Å². The molecule has 0 aliphatic rings. The van der Waals surface area contributed by atoms with Crippen molar-refractivity contribution in [3.05, 3.63) is 28.2 Å². The number of benzene rings is 1. The van der Waals surface area contributed by atoms with Crippen LogP contribution in [0.4, 0.5) is 18.9 Å². The summed E-state index contributed by atoms with van der Waals surface area (Å²) in [5.74, 6) is -0.601. The van der Waals surface area contributed by atoms with Crippen LogP contribution >= 0.6 is 15.9 Å². The second kappa shape index (κ2) is 6.36. The van der Waals surface area contributed by atoms with Crippen molar-refractivity contribution in [1.82, 2.24) is 0 Å². The van der Waals surface area contributed by atoms with E-state index in [2.05, 4.69) is 21.2 Å². The van der Waals surface area contributed by atoms with E-state index in [4.69, 9.17) is 10.5 Å². The predicted molar refractivity (Wildman–Crippen MR) is 67.6 cm³/mol. The molecule has 0 spiro atoms. The van der Waals surface area contributed by atoms with Gasteiger partial charge in [0.2, 0.25) is 0 Å². The molecule has 1 unspecified atom stereocenters. The normalized spacial score (nSPS) is 13.2. The van der Waals surface area contributed by atoms with Crippen molar-refractivity contribution < 1.29 is 22.7 Å². The third kappa shape index (κ3) is 4.48. The molecule has 0 saturated heterocycles. The van der Waals surface area contributed by atoms with Gasteiger partial charge in [0.1, 0.15) is 6.10 Å². The Morgan fingerprint density at radius 3 is 2.58 bits per heavy atom. The molecule has 0 heterocycles. The first kappa shape index (κ1) is 15.9.